The summed E-state index contributed by atoms with van der Waals surface area (Å²) < 4.78 is 5.50. The zero-order valence-electron chi connectivity index (χ0n) is 14.7. The van der Waals surface area contributed by atoms with Crippen molar-refractivity contribution in [2.75, 3.05) is 13.7 Å². The van der Waals surface area contributed by atoms with E-state index in [0.29, 0.717) is 30.0 Å². The molecule has 0 radical (unpaired) electrons. The first-order chi connectivity index (χ1) is 12.1. The van der Waals surface area contributed by atoms with Gasteiger partial charge in [-0.2, -0.15) is 0 Å². The first-order valence-corrected chi connectivity index (χ1v) is 8.23. The van der Waals surface area contributed by atoms with Crippen LogP contribution >= 0.6 is 0 Å². The standard InChI is InChI=1S/C20H21N3O2/c1-13-18(12-22-14(2)23-13)20(24)21-11-10-17-16-7-5-4-6-15(16)8-9-19(17)25-3/h4-9,12H,10-11H2,1-3H3,(H,21,24). The van der Waals surface area contributed by atoms with E-state index in [1.54, 1.807) is 13.3 Å². The van der Waals surface area contributed by atoms with Gasteiger partial charge >= 0.3 is 0 Å². The Balaban J connectivity index is 1.75. The van der Waals surface area contributed by atoms with Crippen molar-refractivity contribution in [3.8, 4) is 5.75 Å². The largest absolute Gasteiger partial charge is 0.496 e. The highest BCUT2D eigenvalue weighted by Crippen LogP contribution is 2.28. The molecule has 0 aliphatic rings. The van der Waals surface area contributed by atoms with E-state index in [4.69, 9.17) is 4.74 Å². The average Bonchev–Trinajstić information content (AvgIpc) is 2.61. The molecule has 5 nitrogen and oxygen atoms in total. The van der Waals surface area contributed by atoms with Gasteiger partial charge in [-0.1, -0.05) is 30.3 Å². The van der Waals surface area contributed by atoms with Crippen molar-refractivity contribution in [2.45, 2.75) is 20.3 Å². The number of methoxy groups -OCH3 is 1. The van der Waals surface area contributed by atoms with E-state index in [2.05, 4.69) is 27.4 Å². The van der Waals surface area contributed by atoms with Gasteiger partial charge in [0, 0.05) is 18.3 Å². The van der Waals surface area contributed by atoms with Crippen LogP contribution in [0.15, 0.2) is 42.6 Å². The van der Waals surface area contributed by atoms with Gasteiger partial charge in [-0.15, -0.1) is 0 Å². The van der Waals surface area contributed by atoms with Crippen LogP contribution in [-0.2, 0) is 6.42 Å². The van der Waals surface area contributed by atoms with E-state index in [9.17, 15) is 4.79 Å². The van der Waals surface area contributed by atoms with E-state index in [1.165, 1.54) is 0 Å². The van der Waals surface area contributed by atoms with Gasteiger partial charge in [0.2, 0.25) is 0 Å². The van der Waals surface area contributed by atoms with E-state index >= 15 is 0 Å². The lowest BCUT2D eigenvalue weighted by Gasteiger charge is -2.13. The Morgan fingerprint density at radius 3 is 2.72 bits per heavy atom. The summed E-state index contributed by atoms with van der Waals surface area (Å²) in [4.78, 5) is 20.7. The molecule has 1 aromatic heterocycles. The van der Waals surface area contributed by atoms with Crippen LogP contribution in [-0.4, -0.2) is 29.5 Å². The van der Waals surface area contributed by atoms with E-state index in [-0.39, 0.29) is 5.91 Å². The number of hydrogen-bond acceptors (Lipinski definition) is 4. The summed E-state index contributed by atoms with van der Waals surface area (Å²) in [6.07, 6.45) is 2.26. The molecule has 3 rings (SSSR count). The van der Waals surface area contributed by atoms with E-state index < -0.39 is 0 Å². The summed E-state index contributed by atoms with van der Waals surface area (Å²) in [6, 6.07) is 12.2. The van der Waals surface area contributed by atoms with Gasteiger partial charge in [-0.3, -0.25) is 4.79 Å². The fourth-order valence-corrected chi connectivity index (χ4v) is 2.97. The number of benzene rings is 2. The molecule has 0 aliphatic carbocycles. The number of nitrogens with zero attached hydrogens (tertiary/aromatic N) is 2. The topological polar surface area (TPSA) is 64.1 Å². The number of amides is 1. The lowest BCUT2D eigenvalue weighted by Crippen LogP contribution is -2.27. The highest BCUT2D eigenvalue weighted by atomic mass is 16.5. The second kappa shape index (κ2) is 7.30. The third kappa shape index (κ3) is 3.60. The molecule has 5 heteroatoms. The van der Waals surface area contributed by atoms with Crippen molar-refractivity contribution in [1.82, 2.24) is 15.3 Å². The monoisotopic (exact) mass is 335 g/mol. The van der Waals surface area contributed by atoms with Crippen molar-refractivity contribution >= 4 is 16.7 Å². The Morgan fingerprint density at radius 2 is 1.96 bits per heavy atom. The van der Waals surface area contributed by atoms with Gasteiger partial charge in [0.1, 0.15) is 11.6 Å². The summed E-state index contributed by atoms with van der Waals surface area (Å²) in [5, 5.41) is 5.25. The maximum absolute atomic E-state index is 12.4. The van der Waals surface area contributed by atoms with E-state index in [0.717, 1.165) is 22.1 Å². The van der Waals surface area contributed by atoms with Gasteiger partial charge in [-0.05, 0) is 37.1 Å². The summed E-state index contributed by atoms with van der Waals surface area (Å²) in [5.41, 5.74) is 2.29. The van der Waals surface area contributed by atoms with Crippen LogP contribution in [0.4, 0.5) is 0 Å². The minimum atomic E-state index is -0.156. The molecule has 2 aromatic carbocycles. The van der Waals surface area contributed by atoms with Crippen molar-refractivity contribution in [3.63, 3.8) is 0 Å². The number of rotatable bonds is 5. The summed E-state index contributed by atoms with van der Waals surface area (Å²) in [5.74, 6) is 1.34. The molecule has 0 saturated carbocycles. The molecule has 0 bridgehead atoms. The summed E-state index contributed by atoms with van der Waals surface area (Å²) in [7, 11) is 1.67. The normalized spacial score (nSPS) is 10.7. The molecule has 0 spiro atoms. The molecule has 1 heterocycles. The van der Waals surface area contributed by atoms with Gasteiger partial charge in [0.05, 0.1) is 18.4 Å². The quantitative estimate of drug-likeness (QED) is 0.777. The van der Waals surface area contributed by atoms with Crippen molar-refractivity contribution in [2.24, 2.45) is 0 Å². The van der Waals surface area contributed by atoms with Gasteiger partial charge in [-0.25, -0.2) is 9.97 Å². The van der Waals surface area contributed by atoms with Gasteiger partial charge < -0.3 is 10.1 Å². The Bertz CT molecular complexity index is 922. The van der Waals surface area contributed by atoms with Crippen LogP contribution in [0.2, 0.25) is 0 Å². The molecule has 25 heavy (non-hydrogen) atoms. The number of fused-ring (bicyclic) bond motifs is 1. The number of ether oxygens (including phenoxy) is 1. The SMILES string of the molecule is COc1ccc2ccccc2c1CCNC(=O)c1cnc(C)nc1C. The fraction of sp³-hybridized carbons (Fsp3) is 0.250. The maximum Gasteiger partial charge on any atom is 0.254 e. The van der Waals surface area contributed by atoms with Crippen LogP contribution < -0.4 is 10.1 Å². The molecule has 128 valence electrons. The third-order valence-electron chi connectivity index (χ3n) is 4.22. The fourth-order valence-electron chi connectivity index (χ4n) is 2.97. The van der Waals surface area contributed by atoms with Crippen LogP contribution in [0, 0.1) is 13.8 Å². The van der Waals surface area contributed by atoms with Crippen LogP contribution in [0.25, 0.3) is 10.8 Å². The zero-order chi connectivity index (χ0) is 17.8. The number of carbonyl (C=O) groups is 1. The number of carbonyl (C=O) groups excluding carboxylic acids is 1. The van der Waals surface area contributed by atoms with Crippen LogP contribution in [0.5, 0.6) is 5.75 Å². The van der Waals surface area contributed by atoms with Crippen molar-refractivity contribution in [3.05, 3.63) is 65.2 Å². The number of nitrogens with one attached hydrogen (secondary N) is 1. The minimum Gasteiger partial charge on any atom is -0.496 e. The molecular weight excluding hydrogens is 314 g/mol. The number of aromatic nitrogens is 2. The zero-order valence-corrected chi connectivity index (χ0v) is 14.7. The molecule has 0 unspecified atom stereocenters. The maximum atomic E-state index is 12.4. The summed E-state index contributed by atoms with van der Waals surface area (Å²) in [6.45, 7) is 4.13. The summed E-state index contributed by atoms with van der Waals surface area (Å²) >= 11 is 0. The Morgan fingerprint density at radius 1 is 1.16 bits per heavy atom. The predicted octanol–water partition coefficient (Wildman–Crippen LogP) is 3.23. The smallest absolute Gasteiger partial charge is 0.254 e. The highest BCUT2D eigenvalue weighted by molar-refractivity contribution is 5.95. The second-order valence-corrected chi connectivity index (χ2v) is 5.89. The molecule has 0 fully saturated rings. The molecule has 0 aliphatic heterocycles. The number of hydrogen-bond donors (Lipinski definition) is 1. The number of aryl methyl sites for hydroxylation is 2. The lowest BCUT2D eigenvalue weighted by molar-refractivity contribution is 0.0952. The first-order valence-electron chi connectivity index (χ1n) is 8.23. The van der Waals surface area contributed by atoms with Crippen molar-refractivity contribution in [1.29, 1.82) is 0 Å². The second-order valence-electron chi connectivity index (χ2n) is 5.89. The molecule has 0 atom stereocenters. The molecule has 1 N–H and O–H groups in total. The van der Waals surface area contributed by atoms with Crippen molar-refractivity contribution < 1.29 is 9.53 Å². The average molecular weight is 335 g/mol. The molecule has 3 aromatic rings. The minimum absolute atomic E-state index is 0.156. The molecule has 0 saturated heterocycles. The highest BCUT2D eigenvalue weighted by Gasteiger charge is 2.12. The Hall–Kier alpha value is -2.95. The Labute approximate surface area is 147 Å². The predicted molar refractivity (Wildman–Crippen MR) is 98.0 cm³/mol. The Kier molecular flexibility index (Phi) is 4.93. The first kappa shape index (κ1) is 16.9. The molecular formula is C20H21N3O2. The lowest BCUT2D eigenvalue weighted by atomic mass is 10.0. The van der Waals surface area contributed by atoms with Gasteiger partial charge in [0.25, 0.3) is 5.91 Å². The third-order valence-corrected chi connectivity index (χ3v) is 4.22. The van der Waals surface area contributed by atoms with Crippen LogP contribution in [0.3, 0.4) is 0 Å². The van der Waals surface area contributed by atoms with Gasteiger partial charge in [0.15, 0.2) is 0 Å². The molecule has 1 amide bonds. The van der Waals surface area contributed by atoms with Crippen LogP contribution in [0.1, 0.15) is 27.4 Å². The van der Waals surface area contributed by atoms with E-state index in [1.807, 2.05) is 38.1 Å².